The second kappa shape index (κ2) is 13.0. The van der Waals surface area contributed by atoms with Gasteiger partial charge in [-0.05, 0) is 53.6 Å². The molecule has 10 heteroatoms. The number of amides is 1. The van der Waals surface area contributed by atoms with Gasteiger partial charge in [0.1, 0.15) is 5.75 Å². The number of rotatable bonds is 9. The molecule has 1 N–H and O–H groups in total. The highest BCUT2D eigenvalue weighted by atomic mass is 35.5. The molecule has 212 valence electrons. The molecule has 0 aromatic heterocycles. The highest BCUT2D eigenvalue weighted by molar-refractivity contribution is 7.92. The molecule has 1 fully saturated rings. The molecule has 7 nitrogen and oxygen atoms in total. The van der Waals surface area contributed by atoms with E-state index in [1.165, 1.54) is 53.6 Å². The number of nitrogens with one attached hydrogen (secondary N) is 1. The average Bonchev–Trinajstić information content (AvgIpc) is 2.97. The van der Waals surface area contributed by atoms with Crippen LogP contribution >= 0.6 is 23.2 Å². The first-order chi connectivity index (χ1) is 19.8. The highest BCUT2D eigenvalue weighted by Gasteiger charge is 2.28. The van der Waals surface area contributed by atoms with Gasteiger partial charge in [-0.2, -0.15) is 0 Å². The fourth-order valence-corrected chi connectivity index (χ4v) is 6.46. The first-order valence-corrected chi connectivity index (χ1v) is 15.4. The highest BCUT2D eigenvalue weighted by Crippen LogP contribution is 2.30. The number of piperazine rings is 1. The molecule has 0 atom stereocenters. The van der Waals surface area contributed by atoms with E-state index in [1.807, 2.05) is 17.0 Å². The van der Waals surface area contributed by atoms with Gasteiger partial charge in [0.2, 0.25) is 0 Å². The summed E-state index contributed by atoms with van der Waals surface area (Å²) in [4.78, 5) is 17.2. The molecule has 4 aromatic carbocycles. The predicted octanol–water partition coefficient (Wildman–Crippen LogP) is 6.11. The SMILES string of the molecule is O=C(COc1ccc(S(=O)(=O)Nc2cc(Cl)cc(Cl)c2)cc1)N1CCN(C(c2ccccc2)c2ccccc2)CC1. The molecule has 5 rings (SSSR count). The van der Waals surface area contributed by atoms with Crippen molar-refractivity contribution in [3.63, 3.8) is 0 Å². The molecular weight excluding hydrogens is 581 g/mol. The van der Waals surface area contributed by atoms with E-state index in [9.17, 15) is 13.2 Å². The molecule has 1 amide bonds. The van der Waals surface area contributed by atoms with Crippen LogP contribution in [0.1, 0.15) is 17.2 Å². The zero-order chi connectivity index (χ0) is 28.8. The van der Waals surface area contributed by atoms with E-state index in [0.29, 0.717) is 28.9 Å². The molecule has 0 spiro atoms. The summed E-state index contributed by atoms with van der Waals surface area (Å²) in [5, 5.41) is 0.634. The van der Waals surface area contributed by atoms with E-state index >= 15 is 0 Å². The van der Waals surface area contributed by atoms with E-state index in [2.05, 4.69) is 58.2 Å². The second-order valence-electron chi connectivity index (χ2n) is 9.66. The van der Waals surface area contributed by atoms with Crippen molar-refractivity contribution in [3.8, 4) is 5.75 Å². The lowest BCUT2D eigenvalue weighted by molar-refractivity contribution is -0.135. The van der Waals surface area contributed by atoms with Crippen molar-refractivity contribution in [1.82, 2.24) is 9.80 Å². The smallest absolute Gasteiger partial charge is 0.261 e. The molecule has 0 aliphatic carbocycles. The summed E-state index contributed by atoms with van der Waals surface area (Å²) in [5.74, 6) is 0.284. The maximum absolute atomic E-state index is 12.9. The molecule has 0 unspecified atom stereocenters. The molecule has 1 aliphatic rings. The van der Waals surface area contributed by atoms with Crippen molar-refractivity contribution in [2.75, 3.05) is 37.5 Å². The van der Waals surface area contributed by atoms with Crippen molar-refractivity contribution in [3.05, 3.63) is 124 Å². The van der Waals surface area contributed by atoms with Gasteiger partial charge in [0.25, 0.3) is 15.9 Å². The number of carbonyl (C=O) groups excluding carboxylic acids is 1. The minimum Gasteiger partial charge on any atom is -0.484 e. The van der Waals surface area contributed by atoms with Gasteiger partial charge in [0, 0.05) is 36.2 Å². The summed E-state index contributed by atoms with van der Waals surface area (Å²) >= 11 is 11.9. The Bertz CT molecular complexity index is 1520. The molecule has 0 saturated carbocycles. The normalized spacial score (nSPS) is 14.2. The van der Waals surface area contributed by atoms with Crippen LogP contribution in [0.25, 0.3) is 0 Å². The quantitative estimate of drug-likeness (QED) is 0.248. The molecule has 4 aromatic rings. The third-order valence-electron chi connectivity index (χ3n) is 6.87. The number of anilines is 1. The lowest BCUT2D eigenvalue weighted by Gasteiger charge is -2.39. The summed E-state index contributed by atoms with van der Waals surface area (Å²) in [5.41, 5.74) is 2.70. The van der Waals surface area contributed by atoms with Gasteiger partial charge in [-0.15, -0.1) is 0 Å². The number of ether oxygens (including phenoxy) is 1. The van der Waals surface area contributed by atoms with Crippen LogP contribution in [-0.4, -0.2) is 56.9 Å². The molecule has 1 aliphatic heterocycles. The van der Waals surface area contributed by atoms with Gasteiger partial charge in [-0.1, -0.05) is 83.9 Å². The van der Waals surface area contributed by atoms with Crippen LogP contribution in [0.5, 0.6) is 5.75 Å². The monoisotopic (exact) mass is 609 g/mol. The number of hydrogen-bond donors (Lipinski definition) is 1. The Morgan fingerprint density at radius 1 is 0.780 bits per heavy atom. The van der Waals surface area contributed by atoms with Crippen LogP contribution in [0.15, 0.2) is 108 Å². The van der Waals surface area contributed by atoms with Crippen molar-refractivity contribution in [1.29, 1.82) is 0 Å². The fourth-order valence-electron chi connectivity index (χ4n) is 4.89. The molecular formula is C31H29Cl2N3O4S. The van der Waals surface area contributed by atoms with Gasteiger partial charge < -0.3 is 9.64 Å². The van der Waals surface area contributed by atoms with Crippen molar-refractivity contribution >= 4 is 44.8 Å². The van der Waals surface area contributed by atoms with Crippen molar-refractivity contribution in [2.24, 2.45) is 0 Å². The third-order valence-corrected chi connectivity index (χ3v) is 8.71. The Kier molecular flexibility index (Phi) is 9.15. The fraction of sp³-hybridized carbons (Fsp3) is 0.194. The molecule has 0 radical (unpaired) electrons. The predicted molar refractivity (Wildman–Crippen MR) is 162 cm³/mol. The Labute approximate surface area is 250 Å². The average molecular weight is 611 g/mol. The first-order valence-electron chi connectivity index (χ1n) is 13.1. The van der Waals surface area contributed by atoms with Gasteiger partial charge in [0.15, 0.2) is 6.61 Å². The van der Waals surface area contributed by atoms with Crippen LogP contribution in [0.3, 0.4) is 0 Å². The van der Waals surface area contributed by atoms with Crippen LogP contribution < -0.4 is 9.46 Å². The summed E-state index contributed by atoms with van der Waals surface area (Å²) in [6.07, 6.45) is 0. The second-order valence-corrected chi connectivity index (χ2v) is 12.2. The number of nitrogens with zero attached hydrogens (tertiary/aromatic N) is 2. The van der Waals surface area contributed by atoms with Crippen LogP contribution in [-0.2, 0) is 14.8 Å². The number of hydrogen-bond acceptors (Lipinski definition) is 5. The Hall–Kier alpha value is -3.56. The Balaban J connectivity index is 1.16. The van der Waals surface area contributed by atoms with Gasteiger partial charge >= 0.3 is 0 Å². The Morgan fingerprint density at radius 2 is 1.32 bits per heavy atom. The first kappa shape index (κ1) is 29.0. The number of carbonyl (C=O) groups is 1. The van der Waals surface area contributed by atoms with Crippen molar-refractivity contribution in [2.45, 2.75) is 10.9 Å². The number of benzene rings is 4. The zero-order valence-electron chi connectivity index (χ0n) is 22.1. The summed E-state index contributed by atoms with van der Waals surface area (Å²) in [7, 11) is -3.87. The maximum atomic E-state index is 12.9. The topological polar surface area (TPSA) is 78.9 Å². The van der Waals surface area contributed by atoms with E-state index in [-0.39, 0.29) is 29.1 Å². The van der Waals surface area contributed by atoms with E-state index in [0.717, 1.165) is 13.1 Å². The Morgan fingerprint density at radius 3 is 1.85 bits per heavy atom. The molecule has 41 heavy (non-hydrogen) atoms. The van der Waals surface area contributed by atoms with Gasteiger partial charge in [-0.25, -0.2) is 8.42 Å². The van der Waals surface area contributed by atoms with E-state index < -0.39 is 10.0 Å². The molecule has 1 saturated heterocycles. The van der Waals surface area contributed by atoms with E-state index in [1.54, 1.807) is 0 Å². The lowest BCUT2D eigenvalue weighted by atomic mass is 9.96. The van der Waals surface area contributed by atoms with Gasteiger partial charge in [0.05, 0.1) is 16.6 Å². The van der Waals surface area contributed by atoms with E-state index in [4.69, 9.17) is 27.9 Å². The largest absolute Gasteiger partial charge is 0.484 e. The zero-order valence-corrected chi connectivity index (χ0v) is 24.4. The minimum absolute atomic E-state index is 0.0368. The summed E-state index contributed by atoms with van der Waals surface area (Å²) in [6, 6.07) is 31.3. The van der Waals surface area contributed by atoms with Crippen molar-refractivity contribution < 1.29 is 17.9 Å². The van der Waals surface area contributed by atoms with Crippen LogP contribution in [0.2, 0.25) is 10.0 Å². The molecule has 1 heterocycles. The van der Waals surface area contributed by atoms with Gasteiger partial charge in [-0.3, -0.25) is 14.4 Å². The lowest BCUT2D eigenvalue weighted by Crippen LogP contribution is -2.51. The van der Waals surface area contributed by atoms with Crippen LogP contribution in [0, 0.1) is 0 Å². The molecule has 0 bridgehead atoms. The summed E-state index contributed by atoms with van der Waals surface area (Å²) < 4.78 is 33.7. The van der Waals surface area contributed by atoms with Crippen LogP contribution in [0.4, 0.5) is 5.69 Å². The third kappa shape index (κ3) is 7.40. The summed E-state index contributed by atoms with van der Waals surface area (Å²) in [6.45, 7) is 2.52. The standard InChI is InChI=1S/C31H29Cl2N3O4S/c32-25-19-26(33)21-27(20-25)34-41(38,39)29-13-11-28(12-14-29)40-22-30(37)35-15-17-36(18-16-35)31(23-7-3-1-4-8-23)24-9-5-2-6-10-24/h1-14,19-21,31,34H,15-18,22H2. The maximum Gasteiger partial charge on any atom is 0.261 e. The number of halogens is 2. The minimum atomic E-state index is -3.87. The number of sulfonamides is 1.